The lowest BCUT2D eigenvalue weighted by molar-refractivity contribution is 0.0731. The van der Waals surface area contributed by atoms with Crippen LogP contribution in [0.15, 0.2) is 132 Å². The highest BCUT2D eigenvalue weighted by Crippen LogP contribution is 2.26. The Labute approximate surface area is 258 Å². The summed E-state index contributed by atoms with van der Waals surface area (Å²) in [5, 5.41) is 4.69. The van der Waals surface area contributed by atoms with Gasteiger partial charge in [0.25, 0.3) is 5.91 Å². The molecule has 0 atom stereocenters. The number of carbonyl (C=O) groups is 3. The minimum absolute atomic E-state index is 0.0712. The predicted octanol–water partition coefficient (Wildman–Crippen LogP) is 7.12. The first-order chi connectivity index (χ1) is 21.5. The Morgan fingerprint density at radius 1 is 0.682 bits per heavy atom. The standard InChI is InChI=1S/C35H25ClN2O6/c36-28-18-15-24(16-19-28)23-42-31-14-8-7-13-30(31)33(39)38-37-22-27-17-20-29(43-34(40)25-9-3-1-4-10-25)21-32(27)44-35(41)26-11-5-2-6-12-26/h1-22H,23H2,(H,38,39)/b37-22-. The Balaban J connectivity index is 1.32. The number of carbonyl (C=O) groups excluding carboxylic acids is 3. The first-order valence-corrected chi connectivity index (χ1v) is 13.8. The maximum Gasteiger partial charge on any atom is 0.343 e. The van der Waals surface area contributed by atoms with E-state index < -0.39 is 17.8 Å². The van der Waals surface area contributed by atoms with Crippen LogP contribution in [0.3, 0.4) is 0 Å². The van der Waals surface area contributed by atoms with Crippen molar-refractivity contribution in [2.24, 2.45) is 5.10 Å². The summed E-state index contributed by atoms with van der Waals surface area (Å²) in [4.78, 5) is 38.4. The molecule has 5 aromatic carbocycles. The molecule has 0 fully saturated rings. The number of hydrogen-bond acceptors (Lipinski definition) is 7. The van der Waals surface area contributed by atoms with Crippen molar-refractivity contribution in [3.63, 3.8) is 0 Å². The summed E-state index contributed by atoms with van der Waals surface area (Å²) in [6, 6.07) is 35.4. The van der Waals surface area contributed by atoms with Gasteiger partial charge >= 0.3 is 11.9 Å². The highest BCUT2D eigenvalue weighted by Gasteiger charge is 2.16. The molecule has 0 saturated heterocycles. The summed E-state index contributed by atoms with van der Waals surface area (Å²) in [6.07, 6.45) is 1.32. The molecule has 5 rings (SSSR count). The SMILES string of the molecule is O=C(Oc1ccc(/C=N\NC(=O)c2ccccc2OCc2ccc(Cl)cc2)c(OC(=O)c2ccccc2)c1)c1ccccc1. The fourth-order valence-corrected chi connectivity index (χ4v) is 4.11. The normalized spacial score (nSPS) is 10.7. The molecule has 0 aliphatic carbocycles. The van der Waals surface area contributed by atoms with Crippen LogP contribution in [-0.2, 0) is 6.61 Å². The van der Waals surface area contributed by atoms with Crippen molar-refractivity contribution in [3.05, 3.63) is 160 Å². The summed E-state index contributed by atoms with van der Waals surface area (Å²) in [5.74, 6) is -1.11. The number of ether oxygens (including phenoxy) is 3. The third-order valence-electron chi connectivity index (χ3n) is 6.23. The fourth-order valence-electron chi connectivity index (χ4n) is 3.99. The van der Waals surface area contributed by atoms with E-state index in [4.69, 9.17) is 25.8 Å². The molecule has 44 heavy (non-hydrogen) atoms. The van der Waals surface area contributed by atoms with Crippen LogP contribution in [0, 0.1) is 0 Å². The van der Waals surface area contributed by atoms with E-state index in [1.54, 1.807) is 103 Å². The van der Waals surface area contributed by atoms with E-state index in [0.717, 1.165) is 5.56 Å². The van der Waals surface area contributed by atoms with E-state index in [9.17, 15) is 14.4 Å². The smallest absolute Gasteiger partial charge is 0.343 e. The molecule has 0 aromatic heterocycles. The largest absolute Gasteiger partial charge is 0.488 e. The van der Waals surface area contributed by atoms with Crippen molar-refractivity contribution in [2.45, 2.75) is 6.61 Å². The number of nitrogens with one attached hydrogen (secondary N) is 1. The zero-order valence-corrected chi connectivity index (χ0v) is 23.9. The number of esters is 2. The molecular weight excluding hydrogens is 580 g/mol. The summed E-state index contributed by atoms with van der Waals surface area (Å²) in [5.41, 5.74) is 4.68. The number of hydrazone groups is 1. The molecule has 0 unspecified atom stereocenters. The average molecular weight is 605 g/mol. The van der Waals surface area contributed by atoms with Gasteiger partial charge in [0.15, 0.2) is 0 Å². The molecule has 8 nitrogen and oxygen atoms in total. The van der Waals surface area contributed by atoms with Crippen LogP contribution in [0.4, 0.5) is 0 Å². The number of amides is 1. The first-order valence-electron chi connectivity index (χ1n) is 13.4. The average Bonchev–Trinajstić information content (AvgIpc) is 3.06. The third-order valence-corrected chi connectivity index (χ3v) is 6.48. The Morgan fingerprint density at radius 3 is 1.98 bits per heavy atom. The molecule has 9 heteroatoms. The highest BCUT2D eigenvalue weighted by atomic mass is 35.5. The van der Waals surface area contributed by atoms with Crippen molar-refractivity contribution in [1.82, 2.24) is 5.43 Å². The molecule has 0 radical (unpaired) electrons. The maximum absolute atomic E-state index is 13.0. The zero-order chi connectivity index (χ0) is 30.7. The lowest BCUT2D eigenvalue weighted by atomic mass is 10.2. The molecule has 1 N–H and O–H groups in total. The number of halogens is 1. The van der Waals surface area contributed by atoms with Gasteiger partial charge in [0.2, 0.25) is 0 Å². The van der Waals surface area contributed by atoms with Gasteiger partial charge in [-0.3, -0.25) is 4.79 Å². The molecule has 5 aromatic rings. The predicted molar refractivity (Wildman–Crippen MR) is 167 cm³/mol. The second-order valence-corrected chi connectivity index (χ2v) is 9.76. The minimum Gasteiger partial charge on any atom is -0.488 e. The van der Waals surface area contributed by atoms with E-state index in [1.807, 2.05) is 12.1 Å². The van der Waals surface area contributed by atoms with Crippen LogP contribution in [0.2, 0.25) is 5.02 Å². The number of rotatable bonds is 10. The van der Waals surface area contributed by atoms with Gasteiger partial charge in [-0.25, -0.2) is 15.0 Å². The second kappa shape index (κ2) is 14.4. The summed E-state index contributed by atoms with van der Waals surface area (Å²) in [7, 11) is 0. The number of nitrogens with zero attached hydrogens (tertiary/aromatic N) is 1. The van der Waals surface area contributed by atoms with Crippen LogP contribution in [0.5, 0.6) is 17.2 Å². The summed E-state index contributed by atoms with van der Waals surface area (Å²) < 4.78 is 17.0. The molecule has 0 saturated carbocycles. The topological polar surface area (TPSA) is 103 Å². The molecular formula is C35H25ClN2O6. The molecule has 0 aliphatic heterocycles. The Bertz CT molecular complexity index is 1790. The van der Waals surface area contributed by atoms with Crippen molar-refractivity contribution < 1.29 is 28.6 Å². The van der Waals surface area contributed by atoms with Crippen LogP contribution in [-0.4, -0.2) is 24.1 Å². The van der Waals surface area contributed by atoms with E-state index >= 15 is 0 Å². The van der Waals surface area contributed by atoms with Gasteiger partial charge in [-0.15, -0.1) is 0 Å². The number of benzene rings is 5. The van der Waals surface area contributed by atoms with Gasteiger partial charge in [0.05, 0.1) is 22.9 Å². The van der Waals surface area contributed by atoms with Crippen molar-refractivity contribution in [2.75, 3.05) is 0 Å². The van der Waals surface area contributed by atoms with Gasteiger partial charge in [-0.2, -0.15) is 5.10 Å². The van der Waals surface area contributed by atoms with Crippen LogP contribution >= 0.6 is 11.6 Å². The van der Waals surface area contributed by atoms with E-state index in [0.29, 0.717) is 27.5 Å². The van der Waals surface area contributed by atoms with Gasteiger partial charge in [0.1, 0.15) is 23.9 Å². The van der Waals surface area contributed by atoms with Gasteiger partial charge in [0, 0.05) is 16.7 Å². The summed E-state index contributed by atoms with van der Waals surface area (Å²) in [6.45, 7) is 0.238. The fraction of sp³-hybridized carbons (Fsp3) is 0.0286. The molecule has 0 aliphatic rings. The quantitative estimate of drug-likeness (QED) is 0.0788. The highest BCUT2D eigenvalue weighted by molar-refractivity contribution is 6.30. The van der Waals surface area contributed by atoms with Crippen LogP contribution < -0.4 is 19.6 Å². The molecule has 218 valence electrons. The minimum atomic E-state index is -0.623. The van der Waals surface area contributed by atoms with Crippen molar-refractivity contribution in [1.29, 1.82) is 0 Å². The Hall–Kier alpha value is -5.73. The molecule has 1 amide bonds. The zero-order valence-electron chi connectivity index (χ0n) is 23.2. The second-order valence-electron chi connectivity index (χ2n) is 9.32. The van der Waals surface area contributed by atoms with Crippen molar-refractivity contribution >= 4 is 35.7 Å². The Kier molecular flexibility index (Phi) is 9.76. The number of para-hydroxylation sites is 1. The van der Waals surface area contributed by atoms with Crippen LogP contribution in [0.1, 0.15) is 42.2 Å². The maximum atomic E-state index is 13.0. The van der Waals surface area contributed by atoms with Gasteiger partial charge < -0.3 is 14.2 Å². The molecule has 0 spiro atoms. The van der Waals surface area contributed by atoms with Crippen LogP contribution in [0.25, 0.3) is 0 Å². The lowest BCUT2D eigenvalue weighted by Gasteiger charge is -2.11. The summed E-state index contributed by atoms with van der Waals surface area (Å²) >= 11 is 5.95. The van der Waals surface area contributed by atoms with E-state index in [2.05, 4.69) is 10.5 Å². The van der Waals surface area contributed by atoms with E-state index in [-0.39, 0.29) is 23.7 Å². The Morgan fingerprint density at radius 2 is 1.30 bits per heavy atom. The van der Waals surface area contributed by atoms with E-state index in [1.165, 1.54) is 18.3 Å². The number of hydrogen-bond donors (Lipinski definition) is 1. The molecule has 0 bridgehead atoms. The van der Waals surface area contributed by atoms with Gasteiger partial charge in [-0.1, -0.05) is 72.3 Å². The third kappa shape index (κ3) is 7.96. The lowest BCUT2D eigenvalue weighted by Crippen LogP contribution is -2.19. The van der Waals surface area contributed by atoms with Gasteiger partial charge in [-0.05, 0) is 66.2 Å². The first kappa shape index (κ1) is 29.8. The van der Waals surface area contributed by atoms with Crippen molar-refractivity contribution in [3.8, 4) is 17.2 Å². The molecule has 0 heterocycles. The monoisotopic (exact) mass is 604 g/mol.